The Labute approximate surface area is 106 Å². The second-order valence-electron chi connectivity index (χ2n) is 3.56. The van der Waals surface area contributed by atoms with Gasteiger partial charge in [-0.3, -0.25) is 14.9 Å². The summed E-state index contributed by atoms with van der Waals surface area (Å²) in [6, 6.07) is 3.74. The van der Waals surface area contributed by atoms with Crippen molar-refractivity contribution in [2.75, 3.05) is 5.73 Å². The topological polar surface area (TPSA) is 137 Å². The van der Waals surface area contributed by atoms with Crippen LogP contribution in [0.3, 0.4) is 0 Å². The van der Waals surface area contributed by atoms with E-state index in [1.807, 2.05) is 0 Å². The van der Waals surface area contributed by atoms with Crippen molar-refractivity contribution >= 4 is 17.3 Å². The fourth-order valence-electron chi connectivity index (χ4n) is 1.39. The first-order chi connectivity index (χ1) is 9.08. The molecule has 1 aromatic carbocycles. The highest BCUT2D eigenvalue weighted by Gasteiger charge is 2.14. The Morgan fingerprint density at radius 3 is 2.89 bits per heavy atom. The van der Waals surface area contributed by atoms with Crippen LogP contribution in [0.5, 0.6) is 0 Å². The lowest BCUT2D eigenvalue weighted by atomic mass is 10.1. The Balaban J connectivity index is 2.07. The molecule has 0 aliphatic rings. The molecule has 1 aromatic heterocycles. The van der Waals surface area contributed by atoms with Crippen molar-refractivity contribution in [3.8, 4) is 0 Å². The molecule has 9 nitrogen and oxygen atoms in total. The SMILES string of the molecule is Nc1cc(C(=O)NCc2ncon2)ccc1[N+](=O)[O-]. The van der Waals surface area contributed by atoms with Crippen molar-refractivity contribution in [1.82, 2.24) is 15.5 Å². The molecule has 0 radical (unpaired) electrons. The number of nitro groups is 1. The Morgan fingerprint density at radius 2 is 2.32 bits per heavy atom. The van der Waals surface area contributed by atoms with Crippen LogP contribution in [0.4, 0.5) is 11.4 Å². The average Bonchev–Trinajstić information content (AvgIpc) is 2.88. The van der Waals surface area contributed by atoms with Gasteiger partial charge in [0.1, 0.15) is 5.69 Å². The highest BCUT2D eigenvalue weighted by atomic mass is 16.6. The number of amides is 1. The van der Waals surface area contributed by atoms with Crippen molar-refractivity contribution in [3.63, 3.8) is 0 Å². The molecule has 0 aliphatic carbocycles. The summed E-state index contributed by atoms with van der Waals surface area (Å²) in [6.45, 7) is 0.0895. The van der Waals surface area contributed by atoms with E-state index in [0.717, 1.165) is 6.39 Å². The second-order valence-corrected chi connectivity index (χ2v) is 3.56. The van der Waals surface area contributed by atoms with Crippen molar-refractivity contribution < 1.29 is 14.2 Å². The summed E-state index contributed by atoms with van der Waals surface area (Å²) in [5.41, 5.74) is 5.39. The van der Waals surface area contributed by atoms with E-state index < -0.39 is 10.8 Å². The molecule has 0 unspecified atom stereocenters. The van der Waals surface area contributed by atoms with Crippen LogP contribution in [0.2, 0.25) is 0 Å². The van der Waals surface area contributed by atoms with Gasteiger partial charge in [-0.1, -0.05) is 5.16 Å². The van der Waals surface area contributed by atoms with Gasteiger partial charge in [-0.25, -0.2) is 0 Å². The molecule has 9 heteroatoms. The number of aromatic nitrogens is 2. The molecule has 0 bridgehead atoms. The number of nitrogen functional groups attached to an aromatic ring is 1. The third kappa shape index (κ3) is 2.83. The number of nitrogens with one attached hydrogen (secondary N) is 1. The maximum absolute atomic E-state index is 11.8. The Bertz CT molecular complexity index is 610. The van der Waals surface area contributed by atoms with E-state index in [0.29, 0.717) is 5.82 Å². The number of carbonyl (C=O) groups is 1. The zero-order valence-electron chi connectivity index (χ0n) is 9.57. The van der Waals surface area contributed by atoms with Gasteiger partial charge in [-0.15, -0.1) is 0 Å². The van der Waals surface area contributed by atoms with Crippen molar-refractivity contribution in [1.29, 1.82) is 0 Å². The maximum atomic E-state index is 11.8. The molecule has 0 spiro atoms. The highest BCUT2D eigenvalue weighted by molar-refractivity contribution is 5.95. The van der Waals surface area contributed by atoms with Gasteiger partial charge in [0, 0.05) is 11.6 Å². The van der Waals surface area contributed by atoms with Gasteiger partial charge < -0.3 is 15.6 Å². The third-order valence-electron chi connectivity index (χ3n) is 2.30. The molecule has 0 saturated carbocycles. The number of anilines is 1. The molecular formula is C10H9N5O4. The number of rotatable bonds is 4. The van der Waals surface area contributed by atoms with Crippen LogP contribution in [0.1, 0.15) is 16.2 Å². The minimum Gasteiger partial charge on any atom is -0.393 e. The van der Waals surface area contributed by atoms with Crippen molar-refractivity contribution in [3.05, 3.63) is 46.1 Å². The van der Waals surface area contributed by atoms with E-state index in [1.165, 1.54) is 18.2 Å². The van der Waals surface area contributed by atoms with Crippen LogP contribution >= 0.6 is 0 Å². The van der Waals surface area contributed by atoms with Crippen LogP contribution < -0.4 is 11.1 Å². The lowest BCUT2D eigenvalue weighted by molar-refractivity contribution is -0.383. The van der Waals surface area contributed by atoms with Crippen LogP contribution in [0.15, 0.2) is 29.1 Å². The number of hydrogen-bond acceptors (Lipinski definition) is 7. The lowest BCUT2D eigenvalue weighted by Crippen LogP contribution is -2.23. The summed E-state index contributed by atoms with van der Waals surface area (Å²) in [5.74, 6) is -0.116. The largest absolute Gasteiger partial charge is 0.393 e. The van der Waals surface area contributed by atoms with E-state index >= 15 is 0 Å². The van der Waals surface area contributed by atoms with Gasteiger partial charge >= 0.3 is 0 Å². The molecule has 0 atom stereocenters. The predicted molar refractivity (Wildman–Crippen MR) is 63.0 cm³/mol. The van der Waals surface area contributed by atoms with Gasteiger partial charge in [0.2, 0.25) is 6.39 Å². The molecule has 0 saturated heterocycles. The van der Waals surface area contributed by atoms with Gasteiger partial charge in [0.05, 0.1) is 11.5 Å². The zero-order chi connectivity index (χ0) is 13.8. The van der Waals surface area contributed by atoms with Gasteiger partial charge in [-0.05, 0) is 12.1 Å². The number of hydrogen-bond donors (Lipinski definition) is 2. The van der Waals surface area contributed by atoms with E-state index in [4.69, 9.17) is 5.73 Å². The number of nitrogens with two attached hydrogens (primary N) is 1. The maximum Gasteiger partial charge on any atom is 0.292 e. The van der Waals surface area contributed by atoms with Gasteiger partial charge in [-0.2, -0.15) is 4.98 Å². The summed E-state index contributed by atoms with van der Waals surface area (Å²) >= 11 is 0. The fraction of sp³-hybridized carbons (Fsp3) is 0.100. The zero-order valence-corrected chi connectivity index (χ0v) is 9.57. The fourth-order valence-corrected chi connectivity index (χ4v) is 1.39. The van der Waals surface area contributed by atoms with Crippen LogP contribution in [-0.2, 0) is 6.54 Å². The first kappa shape index (κ1) is 12.5. The predicted octanol–water partition coefficient (Wildman–Crippen LogP) is 0.490. The van der Waals surface area contributed by atoms with E-state index in [1.54, 1.807) is 0 Å². The highest BCUT2D eigenvalue weighted by Crippen LogP contribution is 2.21. The summed E-state index contributed by atoms with van der Waals surface area (Å²) in [6.07, 6.45) is 1.14. The summed E-state index contributed by atoms with van der Waals surface area (Å²) in [4.78, 5) is 25.4. The van der Waals surface area contributed by atoms with Crippen molar-refractivity contribution in [2.24, 2.45) is 0 Å². The normalized spacial score (nSPS) is 10.1. The number of nitrogens with zero attached hydrogens (tertiary/aromatic N) is 3. The van der Waals surface area contributed by atoms with Crippen LogP contribution in [-0.4, -0.2) is 21.0 Å². The molecule has 2 aromatic rings. The Hall–Kier alpha value is -2.97. The Kier molecular flexibility index (Phi) is 3.37. The molecule has 19 heavy (non-hydrogen) atoms. The minimum atomic E-state index is -0.615. The third-order valence-corrected chi connectivity index (χ3v) is 2.30. The molecule has 2 rings (SSSR count). The van der Waals surface area contributed by atoms with Gasteiger partial charge in [0.25, 0.3) is 11.6 Å². The smallest absolute Gasteiger partial charge is 0.292 e. The number of carbonyl (C=O) groups excluding carboxylic acids is 1. The molecule has 1 heterocycles. The minimum absolute atomic E-state index is 0.0720. The quantitative estimate of drug-likeness (QED) is 0.465. The first-order valence-corrected chi connectivity index (χ1v) is 5.15. The molecule has 3 N–H and O–H groups in total. The van der Waals surface area contributed by atoms with Crippen molar-refractivity contribution in [2.45, 2.75) is 6.54 Å². The number of benzene rings is 1. The number of nitro benzene ring substituents is 1. The standard InChI is InChI=1S/C10H9N5O4/c11-7-3-6(1-2-8(7)15(17)18)10(16)12-4-9-13-5-19-14-9/h1-3,5H,4,11H2,(H,12,16). The first-order valence-electron chi connectivity index (χ1n) is 5.15. The molecule has 0 aliphatic heterocycles. The second kappa shape index (κ2) is 5.12. The Morgan fingerprint density at radius 1 is 1.53 bits per heavy atom. The lowest BCUT2D eigenvalue weighted by Gasteiger charge is -2.03. The average molecular weight is 263 g/mol. The molecule has 98 valence electrons. The van der Waals surface area contributed by atoms with E-state index in [-0.39, 0.29) is 23.5 Å². The summed E-state index contributed by atoms with van der Waals surface area (Å²) < 4.78 is 4.51. The monoisotopic (exact) mass is 263 g/mol. The van der Waals surface area contributed by atoms with Crippen LogP contribution in [0, 0.1) is 10.1 Å². The summed E-state index contributed by atoms with van der Waals surface area (Å²) in [5, 5.41) is 16.6. The van der Waals surface area contributed by atoms with E-state index in [2.05, 4.69) is 20.0 Å². The summed E-state index contributed by atoms with van der Waals surface area (Å²) in [7, 11) is 0. The van der Waals surface area contributed by atoms with E-state index in [9.17, 15) is 14.9 Å². The molecular weight excluding hydrogens is 254 g/mol. The van der Waals surface area contributed by atoms with Gasteiger partial charge in [0.15, 0.2) is 5.82 Å². The molecule has 1 amide bonds. The molecule has 0 fully saturated rings. The van der Waals surface area contributed by atoms with Crippen LogP contribution in [0.25, 0.3) is 0 Å².